The molecule has 8 nitrogen and oxygen atoms in total. The zero-order valence-electron chi connectivity index (χ0n) is 17.8. The number of para-hydroxylation sites is 1. The van der Waals surface area contributed by atoms with Crippen LogP contribution in [-0.2, 0) is 19.1 Å². The van der Waals surface area contributed by atoms with Crippen molar-refractivity contribution >= 4 is 34.5 Å². The minimum absolute atomic E-state index is 0.180. The van der Waals surface area contributed by atoms with Gasteiger partial charge in [0, 0.05) is 22.6 Å². The van der Waals surface area contributed by atoms with E-state index in [1.54, 1.807) is 39.0 Å². The maximum atomic E-state index is 12.7. The summed E-state index contributed by atoms with van der Waals surface area (Å²) in [6.45, 7) is 7.54. The summed E-state index contributed by atoms with van der Waals surface area (Å²) in [4.78, 5) is 52.9. The van der Waals surface area contributed by atoms with Gasteiger partial charge in [-0.05, 0) is 33.3 Å². The third-order valence-corrected chi connectivity index (χ3v) is 4.28. The molecule has 0 bridgehead atoms. The molecule has 30 heavy (non-hydrogen) atoms. The first-order valence-corrected chi connectivity index (χ1v) is 10.0. The molecule has 0 aliphatic rings. The van der Waals surface area contributed by atoms with E-state index in [1.807, 2.05) is 13.0 Å². The van der Waals surface area contributed by atoms with E-state index >= 15 is 0 Å². The van der Waals surface area contributed by atoms with Crippen molar-refractivity contribution in [2.45, 2.75) is 58.5 Å². The van der Waals surface area contributed by atoms with Gasteiger partial charge in [0.05, 0.1) is 18.6 Å². The molecule has 8 heteroatoms. The fourth-order valence-corrected chi connectivity index (χ4v) is 2.87. The lowest BCUT2D eigenvalue weighted by molar-refractivity contribution is -0.149. The third kappa shape index (κ3) is 6.43. The Morgan fingerprint density at radius 3 is 2.50 bits per heavy atom. The van der Waals surface area contributed by atoms with Gasteiger partial charge in [-0.15, -0.1) is 0 Å². The lowest BCUT2D eigenvalue weighted by atomic mass is 10.1. The molecule has 0 radical (unpaired) electrons. The monoisotopic (exact) mass is 415 g/mol. The largest absolute Gasteiger partial charge is 0.464 e. The van der Waals surface area contributed by atoms with Gasteiger partial charge in [0.25, 0.3) is 11.7 Å². The number of esters is 1. The van der Waals surface area contributed by atoms with E-state index < -0.39 is 35.1 Å². The number of benzene rings is 1. The molecule has 1 aromatic heterocycles. The highest BCUT2D eigenvalue weighted by molar-refractivity contribution is 6.45. The van der Waals surface area contributed by atoms with Crippen molar-refractivity contribution in [1.82, 2.24) is 15.6 Å². The summed E-state index contributed by atoms with van der Waals surface area (Å²) in [5.74, 6) is -2.94. The Morgan fingerprint density at radius 1 is 1.13 bits per heavy atom. The molecule has 1 heterocycles. The average Bonchev–Trinajstić information content (AvgIpc) is 3.09. The first-order chi connectivity index (χ1) is 14.1. The molecule has 1 aromatic carbocycles. The number of ether oxygens (including phenoxy) is 1. The highest BCUT2D eigenvalue weighted by Crippen LogP contribution is 2.18. The van der Waals surface area contributed by atoms with Crippen LogP contribution in [-0.4, -0.2) is 46.7 Å². The molecule has 0 fully saturated rings. The van der Waals surface area contributed by atoms with Crippen LogP contribution < -0.4 is 10.6 Å². The first kappa shape index (κ1) is 23.1. The fraction of sp³-hybridized carbons (Fsp3) is 0.455. The summed E-state index contributed by atoms with van der Waals surface area (Å²) >= 11 is 0. The van der Waals surface area contributed by atoms with Crippen molar-refractivity contribution in [2.75, 3.05) is 6.61 Å². The number of rotatable bonds is 9. The Bertz CT molecular complexity index is 926. The van der Waals surface area contributed by atoms with Gasteiger partial charge in [-0.25, -0.2) is 4.79 Å². The van der Waals surface area contributed by atoms with Crippen molar-refractivity contribution < 1.29 is 23.9 Å². The Kier molecular flexibility index (Phi) is 7.74. The minimum atomic E-state index is -1.26. The third-order valence-electron chi connectivity index (χ3n) is 4.28. The molecular weight excluding hydrogens is 386 g/mol. The number of aromatic nitrogens is 1. The molecular formula is C22H29N3O5. The van der Waals surface area contributed by atoms with Crippen molar-refractivity contribution in [3.63, 3.8) is 0 Å². The topological polar surface area (TPSA) is 117 Å². The van der Waals surface area contributed by atoms with Gasteiger partial charge in [0.2, 0.25) is 5.91 Å². The maximum absolute atomic E-state index is 12.7. The minimum Gasteiger partial charge on any atom is -0.464 e. The summed E-state index contributed by atoms with van der Waals surface area (Å²) in [5.41, 5.74) is 0.409. The van der Waals surface area contributed by atoms with E-state index in [4.69, 9.17) is 4.74 Å². The second-order valence-corrected chi connectivity index (χ2v) is 8.13. The lowest BCUT2D eigenvalue weighted by Gasteiger charge is -2.23. The van der Waals surface area contributed by atoms with Crippen molar-refractivity contribution in [3.8, 4) is 0 Å². The molecule has 1 atom stereocenters. The highest BCUT2D eigenvalue weighted by atomic mass is 16.5. The molecule has 2 rings (SSSR count). The Hall–Kier alpha value is -3.16. The number of fused-ring (bicyclic) bond motifs is 1. The number of nitrogens with one attached hydrogen (secondary N) is 3. The number of unbranched alkanes of at least 4 members (excludes halogenated alkanes) is 1. The van der Waals surface area contributed by atoms with E-state index in [-0.39, 0.29) is 18.6 Å². The molecule has 162 valence electrons. The van der Waals surface area contributed by atoms with E-state index in [2.05, 4.69) is 15.6 Å². The number of ketones is 1. The molecule has 2 amide bonds. The molecule has 0 aliphatic heterocycles. The van der Waals surface area contributed by atoms with Gasteiger partial charge in [0.1, 0.15) is 6.04 Å². The van der Waals surface area contributed by atoms with Crippen LogP contribution in [0.2, 0.25) is 0 Å². The van der Waals surface area contributed by atoms with Crippen LogP contribution in [0.1, 0.15) is 57.3 Å². The highest BCUT2D eigenvalue weighted by Gasteiger charge is 2.30. The first-order valence-electron chi connectivity index (χ1n) is 10.0. The molecule has 0 saturated carbocycles. The summed E-state index contributed by atoms with van der Waals surface area (Å²) in [5, 5.41) is 5.72. The SMILES string of the molecule is CCCCOC(=O)[C@H](CC(=O)NC(C)(C)C)NC(=O)C(=O)c1c[nH]c2ccccc12. The summed E-state index contributed by atoms with van der Waals surface area (Å²) in [7, 11) is 0. The normalized spacial score (nSPS) is 12.3. The van der Waals surface area contributed by atoms with Gasteiger partial charge in [-0.3, -0.25) is 14.4 Å². The van der Waals surface area contributed by atoms with Crippen LogP contribution in [0.25, 0.3) is 10.9 Å². The standard InChI is InChI=1S/C22H29N3O5/c1-5-6-11-30-21(29)17(12-18(26)25-22(2,3)4)24-20(28)19(27)15-13-23-16-10-8-7-9-14(15)16/h7-10,13,17,23H,5-6,11-12H2,1-4H3,(H,24,28)(H,25,26)/t17-/m0/s1. The van der Waals surface area contributed by atoms with Crippen molar-refractivity contribution in [1.29, 1.82) is 0 Å². The summed E-state index contributed by atoms with van der Waals surface area (Å²) < 4.78 is 5.17. The number of aromatic amines is 1. The smallest absolute Gasteiger partial charge is 0.329 e. The van der Waals surface area contributed by atoms with Gasteiger partial charge >= 0.3 is 5.97 Å². The average molecular weight is 415 g/mol. The quantitative estimate of drug-likeness (QED) is 0.252. The van der Waals surface area contributed by atoms with Gasteiger partial charge < -0.3 is 20.4 Å². The molecule has 2 aromatic rings. The van der Waals surface area contributed by atoms with Gasteiger partial charge in [-0.2, -0.15) is 0 Å². The number of H-pyrrole nitrogens is 1. The number of hydrogen-bond acceptors (Lipinski definition) is 5. The molecule has 0 aliphatic carbocycles. The van der Waals surface area contributed by atoms with Crippen LogP contribution in [0.3, 0.4) is 0 Å². The summed E-state index contributed by atoms with van der Waals surface area (Å²) in [6, 6.07) is 5.82. The number of carbonyl (C=O) groups excluding carboxylic acids is 4. The molecule has 0 saturated heterocycles. The van der Waals surface area contributed by atoms with Crippen LogP contribution in [0, 0.1) is 0 Å². The number of Topliss-reactive ketones (excluding diaryl/α,β-unsaturated/α-hetero) is 1. The van der Waals surface area contributed by atoms with Crippen LogP contribution in [0.5, 0.6) is 0 Å². The zero-order valence-corrected chi connectivity index (χ0v) is 17.8. The number of hydrogen-bond donors (Lipinski definition) is 3. The Balaban J connectivity index is 2.14. The molecule has 0 spiro atoms. The van der Waals surface area contributed by atoms with Gasteiger partial charge in [-0.1, -0.05) is 31.5 Å². The van der Waals surface area contributed by atoms with E-state index in [1.165, 1.54) is 6.20 Å². The number of amides is 2. The fourth-order valence-electron chi connectivity index (χ4n) is 2.87. The zero-order chi connectivity index (χ0) is 22.3. The maximum Gasteiger partial charge on any atom is 0.329 e. The number of carbonyl (C=O) groups is 4. The van der Waals surface area contributed by atoms with Gasteiger partial charge in [0.15, 0.2) is 0 Å². The predicted molar refractivity (Wildman–Crippen MR) is 113 cm³/mol. The van der Waals surface area contributed by atoms with Crippen LogP contribution in [0.4, 0.5) is 0 Å². The molecule has 0 unspecified atom stereocenters. The van der Waals surface area contributed by atoms with Crippen molar-refractivity contribution in [3.05, 3.63) is 36.0 Å². The van der Waals surface area contributed by atoms with E-state index in [9.17, 15) is 19.2 Å². The van der Waals surface area contributed by atoms with Crippen LogP contribution in [0.15, 0.2) is 30.5 Å². The second-order valence-electron chi connectivity index (χ2n) is 8.13. The van der Waals surface area contributed by atoms with Crippen LogP contribution >= 0.6 is 0 Å². The summed E-state index contributed by atoms with van der Waals surface area (Å²) in [6.07, 6.45) is 2.62. The van der Waals surface area contributed by atoms with E-state index in [0.717, 1.165) is 6.42 Å². The predicted octanol–water partition coefficient (Wildman–Crippen LogP) is 2.48. The lowest BCUT2D eigenvalue weighted by Crippen LogP contribution is -2.49. The Morgan fingerprint density at radius 2 is 1.83 bits per heavy atom. The van der Waals surface area contributed by atoms with Crippen molar-refractivity contribution in [2.24, 2.45) is 0 Å². The Labute approximate surface area is 175 Å². The van der Waals surface area contributed by atoms with E-state index in [0.29, 0.717) is 17.3 Å². The second kappa shape index (κ2) is 10.0. The molecule has 3 N–H and O–H groups in total.